The zero-order chi connectivity index (χ0) is 24.3. The molecule has 1 aromatic heterocycles. The van der Waals surface area contributed by atoms with E-state index in [1.165, 1.54) is 0 Å². The smallest absolute Gasteiger partial charge is 0.362 e. The van der Waals surface area contributed by atoms with Crippen LogP contribution in [0, 0.1) is 11.7 Å². The lowest BCUT2D eigenvalue weighted by Crippen LogP contribution is -2.31. The third kappa shape index (κ3) is 5.94. The summed E-state index contributed by atoms with van der Waals surface area (Å²) in [5.74, 6) is 1.04. The van der Waals surface area contributed by atoms with Crippen LogP contribution < -0.4 is 15.5 Å². The molecule has 2 N–H and O–H groups in total. The van der Waals surface area contributed by atoms with Crippen LogP contribution in [-0.4, -0.2) is 36.6 Å². The quantitative estimate of drug-likeness (QED) is 0.435. The number of para-hydroxylation sites is 1. The monoisotopic (exact) mass is 475 g/mol. The Morgan fingerprint density at radius 1 is 1.00 bits per heavy atom. The van der Waals surface area contributed by atoms with Crippen molar-refractivity contribution in [1.82, 2.24) is 15.3 Å². The minimum Gasteiger partial charge on any atom is -0.362 e. The van der Waals surface area contributed by atoms with Crippen LogP contribution in [0.2, 0.25) is 0 Å². The van der Waals surface area contributed by atoms with Crippen molar-refractivity contribution in [3.63, 3.8) is 0 Å². The van der Waals surface area contributed by atoms with E-state index in [4.69, 9.17) is 4.98 Å². The highest BCUT2D eigenvalue weighted by molar-refractivity contribution is 5.90. The van der Waals surface area contributed by atoms with E-state index in [1.807, 2.05) is 43.3 Å². The van der Waals surface area contributed by atoms with Crippen LogP contribution in [0.3, 0.4) is 0 Å². The van der Waals surface area contributed by atoms with E-state index in [9.17, 15) is 17.6 Å². The highest BCUT2D eigenvalue weighted by Gasteiger charge is 2.31. The number of hydrogen-bond donors (Lipinski definition) is 2. The lowest BCUT2D eigenvalue weighted by Gasteiger charge is -2.29. The van der Waals surface area contributed by atoms with Gasteiger partial charge in [-0.2, -0.15) is 18.2 Å². The summed E-state index contributed by atoms with van der Waals surface area (Å²) in [6.45, 7) is 0.888. The van der Waals surface area contributed by atoms with Crippen molar-refractivity contribution in [1.29, 1.82) is 0 Å². The molecule has 0 unspecified atom stereocenters. The summed E-state index contributed by atoms with van der Waals surface area (Å²) in [5, 5.41) is 7.68. The van der Waals surface area contributed by atoms with Crippen LogP contribution >= 0.6 is 0 Å². The number of nitrogens with zero attached hydrogens (tertiary/aromatic N) is 3. The van der Waals surface area contributed by atoms with E-state index < -0.39 is 17.6 Å². The van der Waals surface area contributed by atoms with Crippen molar-refractivity contribution >= 4 is 22.7 Å². The van der Waals surface area contributed by atoms with Gasteiger partial charge in [0.15, 0.2) is 0 Å². The fraction of sp³-hybridized carbons (Fsp3) is 0.440. The number of nitrogens with one attached hydrogen (secondary N) is 2. The van der Waals surface area contributed by atoms with Gasteiger partial charge in [0.1, 0.15) is 11.6 Å². The second-order valence-electron chi connectivity index (χ2n) is 9.12. The molecular formula is C25H29F4N5. The first-order valence-electron chi connectivity index (χ1n) is 11.5. The predicted molar refractivity (Wildman–Crippen MR) is 126 cm³/mol. The Morgan fingerprint density at radius 2 is 1.74 bits per heavy atom. The number of alkyl halides is 3. The molecule has 1 fully saturated rings. The highest BCUT2D eigenvalue weighted by atomic mass is 19.4. The molecule has 3 aromatic rings. The molecule has 0 radical (unpaired) electrons. The Morgan fingerprint density at radius 3 is 2.44 bits per heavy atom. The molecule has 182 valence electrons. The molecule has 2 aromatic carbocycles. The predicted octanol–water partition coefficient (Wildman–Crippen LogP) is 5.61. The molecule has 1 saturated carbocycles. The average Bonchev–Trinajstić information content (AvgIpc) is 2.79. The Balaban J connectivity index is 1.29. The Hall–Kier alpha value is -2.94. The fourth-order valence-corrected chi connectivity index (χ4v) is 4.50. The fourth-order valence-electron chi connectivity index (χ4n) is 4.50. The van der Waals surface area contributed by atoms with Gasteiger partial charge in [0, 0.05) is 32.1 Å². The van der Waals surface area contributed by atoms with Gasteiger partial charge in [0.2, 0.25) is 5.95 Å². The standard InChI is InChI=1S/C25H29F4N5/c1-34(2)23-21-5-3-4-6-22(21)32-24(33-23)31-20-9-7-16(8-10-20)14-30-15-17-11-18(25(27,28)29)13-19(26)12-17/h3-6,11-13,16,20,30H,7-10,14-15H2,1-2H3,(H,31,32,33). The van der Waals surface area contributed by atoms with Crippen LogP contribution in [-0.2, 0) is 12.7 Å². The summed E-state index contributed by atoms with van der Waals surface area (Å²) in [4.78, 5) is 11.4. The van der Waals surface area contributed by atoms with Crippen molar-refractivity contribution in [2.75, 3.05) is 30.9 Å². The summed E-state index contributed by atoms with van der Waals surface area (Å²) >= 11 is 0. The molecule has 0 spiro atoms. The SMILES string of the molecule is CN(C)c1nc(NC2CCC(CNCc3cc(F)cc(C(F)(F)F)c3)CC2)nc2ccccc12. The van der Waals surface area contributed by atoms with Crippen molar-refractivity contribution in [2.24, 2.45) is 5.92 Å². The second-order valence-corrected chi connectivity index (χ2v) is 9.12. The van der Waals surface area contributed by atoms with Gasteiger partial charge in [-0.1, -0.05) is 12.1 Å². The summed E-state index contributed by atoms with van der Waals surface area (Å²) in [6.07, 6.45) is -0.675. The molecule has 0 bridgehead atoms. The molecule has 0 atom stereocenters. The molecular weight excluding hydrogens is 446 g/mol. The minimum atomic E-state index is -4.55. The van der Waals surface area contributed by atoms with Crippen molar-refractivity contribution in [2.45, 2.75) is 44.4 Å². The van der Waals surface area contributed by atoms with Gasteiger partial charge in [0.25, 0.3) is 0 Å². The molecule has 5 nitrogen and oxygen atoms in total. The number of rotatable bonds is 7. The largest absolute Gasteiger partial charge is 0.416 e. The molecule has 4 rings (SSSR count). The summed E-state index contributed by atoms with van der Waals surface area (Å²) < 4.78 is 52.2. The molecule has 1 aliphatic carbocycles. The number of hydrogen-bond acceptors (Lipinski definition) is 5. The van der Waals surface area contributed by atoms with Crippen molar-refractivity contribution in [3.05, 3.63) is 59.4 Å². The van der Waals surface area contributed by atoms with Crippen LogP contribution in [0.25, 0.3) is 10.9 Å². The molecule has 0 saturated heterocycles. The van der Waals surface area contributed by atoms with E-state index in [1.54, 1.807) is 0 Å². The number of halogens is 4. The molecule has 0 amide bonds. The Bertz CT molecular complexity index is 1120. The summed E-state index contributed by atoms with van der Waals surface area (Å²) in [5.41, 5.74) is 0.240. The van der Waals surface area contributed by atoms with Gasteiger partial charge in [0.05, 0.1) is 11.1 Å². The van der Waals surface area contributed by atoms with Gasteiger partial charge >= 0.3 is 6.18 Å². The van der Waals surface area contributed by atoms with Crippen molar-refractivity contribution in [3.8, 4) is 0 Å². The summed E-state index contributed by atoms with van der Waals surface area (Å²) in [7, 11) is 3.93. The van der Waals surface area contributed by atoms with E-state index in [0.29, 0.717) is 30.0 Å². The highest BCUT2D eigenvalue weighted by Crippen LogP contribution is 2.31. The van der Waals surface area contributed by atoms with Crippen LogP contribution in [0.4, 0.5) is 29.3 Å². The Kier molecular flexibility index (Phi) is 7.21. The zero-order valence-corrected chi connectivity index (χ0v) is 19.3. The third-order valence-corrected chi connectivity index (χ3v) is 6.23. The van der Waals surface area contributed by atoms with Crippen molar-refractivity contribution < 1.29 is 17.6 Å². The first-order valence-corrected chi connectivity index (χ1v) is 11.5. The lowest BCUT2D eigenvalue weighted by molar-refractivity contribution is -0.137. The van der Waals surface area contributed by atoms with E-state index in [-0.39, 0.29) is 12.6 Å². The molecule has 0 aliphatic heterocycles. The minimum absolute atomic E-state index is 0.206. The second kappa shape index (κ2) is 10.1. The van der Waals surface area contributed by atoms with Gasteiger partial charge in [-0.25, -0.2) is 9.37 Å². The van der Waals surface area contributed by atoms with E-state index in [0.717, 1.165) is 54.5 Å². The maximum absolute atomic E-state index is 13.6. The first kappa shape index (κ1) is 24.2. The van der Waals surface area contributed by atoms with Gasteiger partial charge in [-0.05, 0) is 74.0 Å². The molecule has 34 heavy (non-hydrogen) atoms. The number of benzene rings is 2. The molecule has 9 heteroatoms. The first-order chi connectivity index (χ1) is 16.2. The van der Waals surface area contributed by atoms with Gasteiger partial charge < -0.3 is 15.5 Å². The maximum atomic E-state index is 13.6. The molecule has 1 heterocycles. The normalized spacial score (nSPS) is 18.8. The molecule has 1 aliphatic rings. The number of anilines is 2. The summed E-state index contributed by atoms with van der Waals surface area (Å²) in [6, 6.07) is 10.9. The third-order valence-electron chi connectivity index (χ3n) is 6.23. The maximum Gasteiger partial charge on any atom is 0.416 e. The van der Waals surface area contributed by atoms with E-state index >= 15 is 0 Å². The lowest BCUT2D eigenvalue weighted by atomic mass is 9.86. The zero-order valence-electron chi connectivity index (χ0n) is 19.3. The number of aromatic nitrogens is 2. The van der Waals surface area contributed by atoms with Crippen LogP contribution in [0.1, 0.15) is 36.8 Å². The van der Waals surface area contributed by atoms with Crippen LogP contribution in [0.5, 0.6) is 0 Å². The van der Waals surface area contributed by atoms with Gasteiger partial charge in [-0.15, -0.1) is 0 Å². The topological polar surface area (TPSA) is 53.1 Å². The number of fused-ring (bicyclic) bond motifs is 1. The Labute approximate surface area is 196 Å². The van der Waals surface area contributed by atoms with Crippen LogP contribution in [0.15, 0.2) is 42.5 Å². The average molecular weight is 476 g/mol. The van der Waals surface area contributed by atoms with E-state index in [2.05, 4.69) is 15.6 Å². The van der Waals surface area contributed by atoms with Gasteiger partial charge in [-0.3, -0.25) is 0 Å².